The molecule has 0 fully saturated rings. The van der Waals surface area contributed by atoms with E-state index in [9.17, 15) is 23.1 Å². The SMILES string of the molecule is COC(=O)c1ccc(O)c(C=NN(CCC(=O)NC(C)(C)C)C2=NS(=O)(=O)c3ccccc32)c1. The first kappa shape index (κ1) is 24.9. The van der Waals surface area contributed by atoms with Gasteiger partial charge >= 0.3 is 5.97 Å². The van der Waals surface area contributed by atoms with E-state index in [1.807, 2.05) is 20.8 Å². The number of amides is 1. The van der Waals surface area contributed by atoms with Crippen molar-refractivity contribution in [3.8, 4) is 5.75 Å². The molecule has 1 aliphatic heterocycles. The van der Waals surface area contributed by atoms with E-state index >= 15 is 0 Å². The highest BCUT2D eigenvalue weighted by molar-refractivity contribution is 7.90. The maximum Gasteiger partial charge on any atom is 0.337 e. The Labute approximate surface area is 198 Å². The van der Waals surface area contributed by atoms with E-state index in [1.165, 1.54) is 42.6 Å². The Kier molecular flexibility index (Phi) is 7.06. The number of rotatable bonds is 6. The number of phenolic OH excluding ortho intramolecular Hbond substituents is 1. The third-order valence-electron chi connectivity index (χ3n) is 4.71. The van der Waals surface area contributed by atoms with Crippen molar-refractivity contribution in [2.45, 2.75) is 37.6 Å². The fourth-order valence-electron chi connectivity index (χ4n) is 3.22. The lowest BCUT2D eigenvalue weighted by molar-refractivity contribution is -0.122. The standard InChI is InChI=1S/C23H26N4O6S/c1-23(2,3)25-20(29)11-12-27(21-17-7-5-6-8-19(17)34(31,32)26-21)24-14-16-13-15(22(30)33-4)9-10-18(16)28/h5-10,13-14,28H,11-12H2,1-4H3,(H,25,29). The molecule has 0 spiro atoms. The lowest BCUT2D eigenvalue weighted by Gasteiger charge is -2.22. The number of amidine groups is 1. The number of benzene rings is 2. The molecule has 0 saturated carbocycles. The maximum atomic E-state index is 12.5. The molecule has 0 aromatic heterocycles. The van der Waals surface area contributed by atoms with Crippen molar-refractivity contribution in [3.05, 3.63) is 59.2 Å². The van der Waals surface area contributed by atoms with Gasteiger partial charge < -0.3 is 15.2 Å². The Balaban J connectivity index is 1.97. The number of hydrogen-bond donors (Lipinski definition) is 2. The van der Waals surface area contributed by atoms with Crippen LogP contribution in [-0.4, -0.2) is 61.7 Å². The smallest absolute Gasteiger partial charge is 0.337 e. The summed E-state index contributed by atoms with van der Waals surface area (Å²) in [5, 5.41) is 18.6. The predicted molar refractivity (Wildman–Crippen MR) is 126 cm³/mol. The molecule has 0 atom stereocenters. The van der Waals surface area contributed by atoms with Crippen molar-refractivity contribution in [1.82, 2.24) is 10.3 Å². The number of fused-ring (bicyclic) bond motifs is 1. The van der Waals surface area contributed by atoms with Crippen LogP contribution in [0.25, 0.3) is 0 Å². The van der Waals surface area contributed by atoms with Gasteiger partial charge in [0.1, 0.15) is 10.6 Å². The number of methoxy groups -OCH3 is 1. The molecule has 3 rings (SSSR count). The van der Waals surface area contributed by atoms with Crippen LogP contribution in [0.5, 0.6) is 5.75 Å². The van der Waals surface area contributed by atoms with Crippen LogP contribution in [0.15, 0.2) is 56.9 Å². The molecule has 0 aliphatic carbocycles. The maximum absolute atomic E-state index is 12.5. The Hall–Kier alpha value is -3.73. The molecule has 1 amide bonds. The van der Waals surface area contributed by atoms with Crippen molar-refractivity contribution in [2.75, 3.05) is 13.7 Å². The summed E-state index contributed by atoms with van der Waals surface area (Å²) < 4.78 is 33.6. The number of carbonyl (C=O) groups is 2. The van der Waals surface area contributed by atoms with Crippen LogP contribution in [0.1, 0.15) is 48.7 Å². The molecule has 1 heterocycles. The number of esters is 1. The number of phenols is 1. The summed E-state index contributed by atoms with van der Waals surface area (Å²) in [5.41, 5.74) is 0.306. The van der Waals surface area contributed by atoms with Crippen LogP contribution in [-0.2, 0) is 19.6 Å². The number of carbonyl (C=O) groups excluding carboxylic acids is 2. The minimum Gasteiger partial charge on any atom is -0.507 e. The van der Waals surface area contributed by atoms with Crippen LogP contribution in [0.4, 0.5) is 0 Å². The summed E-state index contributed by atoms with van der Waals surface area (Å²) in [6, 6.07) is 10.4. The number of ether oxygens (including phenoxy) is 1. The quantitative estimate of drug-likeness (QED) is 0.363. The van der Waals surface area contributed by atoms with E-state index < -0.39 is 21.5 Å². The number of nitrogens with one attached hydrogen (secondary N) is 1. The van der Waals surface area contributed by atoms with E-state index in [1.54, 1.807) is 18.2 Å². The van der Waals surface area contributed by atoms with Crippen LogP contribution < -0.4 is 5.32 Å². The van der Waals surface area contributed by atoms with Crippen molar-refractivity contribution in [1.29, 1.82) is 0 Å². The second-order valence-electron chi connectivity index (χ2n) is 8.57. The molecule has 11 heteroatoms. The largest absolute Gasteiger partial charge is 0.507 e. The lowest BCUT2D eigenvalue weighted by Crippen LogP contribution is -2.42. The van der Waals surface area contributed by atoms with Gasteiger partial charge in [0.05, 0.1) is 25.4 Å². The predicted octanol–water partition coefficient (Wildman–Crippen LogP) is 2.27. The van der Waals surface area contributed by atoms with E-state index in [-0.39, 0.29) is 46.5 Å². The van der Waals surface area contributed by atoms with Gasteiger partial charge in [-0.15, -0.1) is 4.40 Å². The molecule has 2 N–H and O–H groups in total. The van der Waals surface area contributed by atoms with Gasteiger partial charge in [-0.05, 0) is 51.1 Å². The topological polar surface area (TPSA) is 138 Å². The molecule has 0 radical (unpaired) electrons. The summed E-state index contributed by atoms with van der Waals surface area (Å²) in [6.45, 7) is 5.56. The second kappa shape index (κ2) is 9.64. The fraction of sp³-hybridized carbons (Fsp3) is 0.304. The molecule has 0 unspecified atom stereocenters. The summed E-state index contributed by atoms with van der Waals surface area (Å²) in [6.07, 6.45) is 1.27. The van der Waals surface area contributed by atoms with Crippen LogP contribution in [0, 0.1) is 0 Å². The lowest BCUT2D eigenvalue weighted by atomic mass is 10.1. The number of sulfonamides is 1. The zero-order chi connectivity index (χ0) is 25.1. The fourth-order valence-corrected chi connectivity index (χ4v) is 4.42. The highest BCUT2D eigenvalue weighted by atomic mass is 32.2. The zero-order valence-electron chi connectivity index (χ0n) is 19.3. The van der Waals surface area contributed by atoms with Gasteiger partial charge in [0, 0.05) is 23.1 Å². The number of aromatic hydroxyl groups is 1. The van der Waals surface area contributed by atoms with Crippen molar-refractivity contribution < 1.29 is 27.9 Å². The van der Waals surface area contributed by atoms with Gasteiger partial charge in [0.15, 0.2) is 5.84 Å². The minimum absolute atomic E-state index is 0.00400. The van der Waals surface area contributed by atoms with Gasteiger partial charge in [-0.2, -0.15) is 13.5 Å². The Morgan fingerprint density at radius 1 is 1.21 bits per heavy atom. The summed E-state index contributed by atoms with van der Waals surface area (Å²) in [4.78, 5) is 24.3. The molecule has 1 aliphatic rings. The number of nitrogens with zero attached hydrogens (tertiary/aromatic N) is 3. The molecule has 180 valence electrons. The van der Waals surface area contributed by atoms with E-state index in [2.05, 4.69) is 14.8 Å². The van der Waals surface area contributed by atoms with E-state index in [0.29, 0.717) is 5.56 Å². The van der Waals surface area contributed by atoms with Gasteiger partial charge in [-0.3, -0.25) is 4.79 Å². The third kappa shape index (κ3) is 5.79. The van der Waals surface area contributed by atoms with E-state index in [0.717, 1.165) is 0 Å². The molecular formula is C23H26N4O6S. The molecule has 0 bridgehead atoms. The van der Waals surface area contributed by atoms with Gasteiger partial charge in [-0.25, -0.2) is 9.80 Å². The van der Waals surface area contributed by atoms with Gasteiger partial charge in [-0.1, -0.05) is 12.1 Å². The molecule has 2 aromatic rings. The zero-order valence-corrected chi connectivity index (χ0v) is 20.1. The molecule has 0 saturated heterocycles. The Morgan fingerprint density at radius 2 is 1.91 bits per heavy atom. The monoisotopic (exact) mass is 486 g/mol. The average molecular weight is 487 g/mol. The highest BCUT2D eigenvalue weighted by Gasteiger charge is 2.32. The second-order valence-corrected chi connectivity index (χ2v) is 10.1. The Morgan fingerprint density at radius 3 is 2.59 bits per heavy atom. The summed E-state index contributed by atoms with van der Waals surface area (Å²) in [7, 11) is -2.68. The molecule has 10 nitrogen and oxygen atoms in total. The van der Waals surface area contributed by atoms with Crippen molar-refractivity contribution in [2.24, 2.45) is 9.50 Å². The van der Waals surface area contributed by atoms with Crippen molar-refractivity contribution in [3.63, 3.8) is 0 Å². The molecule has 34 heavy (non-hydrogen) atoms. The molecular weight excluding hydrogens is 460 g/mol. The van der Waals surface area contributed by atoms with Crippen LogP contribution in [0.3, 0.4) is 0 Å². The van der Waals surface area contributed by atoms with Gasteiger partial charge in [0.25, 0.3) is 10.0 Å². The van der Waals surface area contributed by atoms with Gasteiger partial charge in [0.2, 0.25) is 5.91 Å². The minimum atomic E-state index is -3.92. The first-order valence-corrected chi connectivity index (χ1v) is 11.8. The molecule has 2 aromatic carbocycles. The number of hydrazone groups is 1. The van der Waals surface area contributed by atoms with Crippen LogP contribution in [0.2, 0.25) is 0 Å². The highest BCUT2D eigenvalue weighted by Crippen LogP contribution is 2.28. The Bertz CT molecular complexity index is 1280. The van der Waals surface area contributed by atoms with Crippen molar-refractivity contribution >= 4 is 33.9 Å². The van der Waals surface area contributed by atoms with E-state index in [4.69, 9.17) is 4.74 Å². The summed E-state index contributed by atoms with van der Waals surface area (Å²) >= 11 is 0. The third-order valence-corrected chi connectivity index (χ3v) is 6.03. The average Bonchev–Trinajstić information content (AvgIpc) is 3.04. The van der Waals surface area contributed by atoms with Crippen LogP contribution >= 0.6 is 0 Å². The normalized spacial score (nSPS) is 14.4. The first-order valence-electron chi connectivity index (χ1n) is 10.4. The summed E-state index contributed by atoms with van der Waals surface area (Å²) in [5.74, 6) is -0.939. The first-order chi connectivity index (χ1) is 15.9. The number of hydrogen-bond acceptors (Lipinski definition) is 8.